The first kappa shape index (κ1) is 25.3. The molecule has 2 amide bonds. The highest BCUT2D eigenvalue weighted by Crippen LogP contribution is 2.34. The SMILES string of the molecule is Cn1cccc1[C@H]1CC(c2cccs2)=NN1C(=O)CN(CCN1CCOCC1)C(=O)c1cccc(F)c1. The van der Waals surface area contributed by atoms with Gasteiger partial charge in [0.15, 0.2) is 0 Å². The number of hydrazone groups is 1. The Morgan fingerprint density at radius 3 is 2.70 bits per heavy atom. The van der Waals surface area contributed by atoms with E-state index in [-0.39, 0.29) is 30.0 Å². The highest BCUT2D eigenvalue weighted by Gasteiger charge is 2.36. The Kier molecular flexibility index (Phi) is 7.78. The molecule has 2 aromatic heterocycles. The first-order valence-electron chi connectivity index (χ1n) is 12.4. The number of ether oxygens (including phenoxy) is 1. The molecule has 194 valence electrons. The molecule has 0 aliphatic carbocycles. The molecular formula is C27H30FN5O3S. The van der Waals surface area contributed by atoms with Crippen molar-refractivity contribution in [3.63, 3.8) is 0 Å². The number of aromatic nitrogens is 1. The van der Waals surface area contributed by atoms with Gasteiger partial charge in [-0.25, -0.2) is 9.40 Å². The highest BCUT2D eigenvalue weighted by atomic mass is 32.1. The number of benzene rings is 1. The van der Waals surface area contributed by atoms with E-state index in [0.717, 1.165) is 29.4 Å². The summed E-state index contributed by atoms with van der Waals surface area (Å²) in [4.78, 5) is 31.9. The van der Waals surface area contributed by atoms with Gasteiger partial charge in [-0.05, 0) is 41.8 Å². The lowest BCUT2D eigenvalue weighted by Gasteiger charge is -2.31. The van der Waals surface area contributed by atoms with Gasteiger partial charge in [-0.15, -0.1) is 11.3 Å². The van der Waals surface area contributed by atoms with Crippen LogP contribution in [0.3, 0.4) is 0 Å². The Hall–Kier alpha value is -3.34. The zero-order valence-electron chi connectivity index (χ0n) is 20.8. The summed E-state index contributed by atoms with van der Waals surface area (Å²) in [6, 6.07) is 13.2. The molecular weight excluding hydrogens is 493 g/mol. The zero-order valence-corrected chi connectivity index (χ0v) is 21.6. The molecule has 37 heavy (non-hydrogen) atoms. The molecule has 0 saturated carbocycles. The van der Waals surface area contributed by atoms with Crippen molar-refractivity contribution in [3.05, 3.63) is 82.1 Å². The summed E-state index contributed by atoms with van der Waals surface area (Å²) in [7, 11) is 1.95. The molecule has 8 nitrogen and oxygen atoms in total. The molecule has 3 aromatic rings. The van der Waals surface area contributed by atoms with Crippen LogP contribution in [0.4, 0.5) is 4.39 Å². The van der Waals surface area contributed by atoms with Crippen molar-refractivity contribution < 1.29 is 18.7 Å². The van der Waals surface area contributed by atoms with E-state index in [0.29, 0.717) is 32.7 Å². The molecule has 1 saturated heterocycles. The number of halogens is 1. The summed E-state index contributed by atoms with van der Waals surface area (Å²) in [6.45, 7) is 3.61. The van der Waals surface area contributed by atoms with Gasteiger partial charge in [0.05, 0.1) is 23.8 Å². The van der Waals surface area contributed by atoms with Crippen LogP contribution in [0.2, 0.25) is 0 Å². The summed E-state index contributed by atoms with van der Waals surface area (Å²) in [5.41, 5.74) is 2.05. The minimum atomic E-state index is -0.487. The maximum Gasteiger partial charge on any atom is 0.262 e. The van der Waals surface area contributed by atoms with E-state index in [4.69, 9.17) is 9.84 Å². The quantitative estimate of drug-likeness (QED) is 0.454. The number of rotatable bonds is 8. The lowest BCUT2D eigenvalue weighted by atomic mass is 10.1. The van der Waals surface area contributed by atoms with E-state index < -0.39 is 5.82 Å². The van der Waals surface area contributed by atoms with Gasteiger partial charge < -0.3 is 14.2 Å². The summed E-state index contributed by atoms with van der Waals surface area (Å²) in [5.74, 6) is -1.14. The third-order valence-electron chi connectivity index (χ3n) is 6.77. The average Bonchev–Trinajstić information content (AvgIpc) is 3.67. The molecule has 0 N–H and O–H groups in total. The van der Waals surface area contributed by atoms with Crippen LogP contribution in [0.1, 0.15) is 33.4 Å². The monoisotopic (exact) mass is 523 g/mol. The maximum atomic E-state index is 13.9. The van der Waals surface area contributed by atoms with Gasteiger partial charge in [-0.2, -0.15) is 5.10 Å². The lowest BCUT2D eigenvalue weighted by molar-refractivity contribution is -0.133. The minimum absolute atomic E-state index is 0.151. The second-order valence-corrected chi connectivity index (χ2v) is 10.2. The van der Waals surface area contributed by atoms with Gasteiger partial charge >= 0.3 is 0 Å². The largest absolute Gasteiger partial charge is 0.379 e. The van der Waals surface area contributed by atoms with E-state index in [1.807, 2.05) is 47.5 Å². The number of nitrogens with zero attached hydrogens (tertiary/aromatic N) is 5. The van der Waals surface area contributed by atoms with Crippen molar-refractivity contribution in [1.82, 2.24) is 19.4 Å². The molecule has 0 spiro atoms. The molecule has 4 heterocycles. The van der Waals surface area contributed by atoms with Crippen LogP contribution >= 0.6 is 11.3 Å². The van der Waals surface area contributed by atoms with E-state index >= 15 is 0 Å². The number of morpholine rings is 1. The standard InChI is InChI=1S/C27H30FN5O3S/c1-30-9-3-7-23(30)24-18-22(25-8-4-16-37-25)29-33(24)26(34)19-32(11-10-31-12-14-36-15-13-31)27(35)20-5-2-6-21(28)17-20/h2-9,16-17,24H,10-15,18-19H2,1H3/t24-/m1/s1. The van der Waals surface area contributed by atoms with Crippen LogP contribution in [0.5, 0.6) is 0 Å². The third kappa shape index (κ3) is 5.82. The van der Waals surface area contributed by atoms with Gasteiger partial charge in [0.25, 0.3) is 11.8 Å². The van der Waals surface area contributed by atoms with Crippen molar-refractivity contribution in [2.24, 2.45) is 12.1 Å². The van der Waals surface area contributed by atoms with Crippen molar-refractivity contribution in [2.45, 2.75) is 12.5 Å². The Morgan fingerprint density at radius 1 is 1.16 bits per heavy atom. The predicted molar refractivity (Wildman–Crippen MR) is 140 cm³/mol. The number of amides is 2. The van der Waals surface area contributed by atoms with E-state index in [9.17, 15) is 14.0 Å². The van der Waals surface area contributed by atoms with Gasteiger partial charge in [-0.1, -0.05) is 12.1 Å². The summed E-state index contributed by atoms with van der Waals surface area (Å²) >= 11 is 1.59. The van der Waals surface area contributed by atoms with Crippen LogP contribution in [0, 0.1) is 5.82 Å². The number of carbonyl (C=O) groups excluding carboxylic acids is 2. The van der Waals surface area contributed by atoms with Gasteiger partial charge in [0.1, 0.15) is 18.4 Å². The third-order valence-corrected chi connectivity index (χ3v) is 7.69. The fourth-order valence-electron chi connectivity index (χ4n) is 4.76. The number of hydrogen-bond acceptors (Lipinski definition) is 6. The van der Waals surface area contributed by atoms with E-state index in [1.165, 1.54) is 28.1 Å². The molecule has 1 fully saturated rings. The molecule has 2 aliphatic rings. The fraction of sp³-hybridized carbons (Fsp3) is 0.370. The second-order valence-electron chi connectivity index (χ2n) is 9.22. The van der Waals surface area contributed by atoms with Crippen LogP contribution < -0.4 is 0 Å². The number of hydrogen-bond donors (Lipinski definition) is 0. The molecule has 1 aromatic carbocycles. The number of carbonyl (C=O) groups is 2. The smallest absolute Gasteiger partial charge is 0.262 e. The normalized spacial score (nSPS) is 18.2. The minimum Gasteiger partial charge on any atom is -0.379 e. The Labute approximate surface area is 219 Å². The van der Waals surface area contributed by atoms with Gasteiger partial charge in [0, 0.05) is 57.1 Å². The number of thiophene rings is 1. The summed E-state index contributed by atoms with van der Waals surface area (Å²) < 4.78 is 21.3. The van der Waals surface area contributed by atoms with E-state index in [1.54, 1.807) is 17.4 Å². The maximum absolute atomic E-state index is 13.9. The first-order valence-corrected chi connectivity index (χ1v) is 13.3. The van der Waals surface area contributed by atoms with Gasteiger partial charge in [0.2, 0.25) is 0 Å². The van der Waals surface area contributed by atoms with Gasteiger partial charge in [-0.3, -0.25) is 14.5 Å². The topological polar surface area (TPSA) is 70.4 Å². The van der Waals surface area contributed by atoms with Crippen molar-refractivity contribution in [1.29, 1.82) is 0 Å². The Balaban J connectivity index is 1.39. The molecule has 2 aliphatic heterocycles. The molecule has 1 atom stereocenters. The van der Waals surface area contributed by atoms with Crippen LogP contribution in [-0.2, 0) is 16.6 Å². The predicted octanol–water partition coefficient (Wildman–Crippen LogP) is 3.38. The fourth-order valence-corrected chi connectivity index (χ4v) is 5.48. The van der Waals surface area contributed by atoms with Crippen molar-refractivity contribution in [2.75, 3.05) is 45.9 Å². The molecule has 5 rings (SSSR count). The number of aryl methyl sites for hydroxylation is 1. The Morgan fingerprint density at radius 2 is 2.00 bits per heavy atom. The molecule has 0 unspecified atom stereocenters. The molecule has 10 heteroatoms. The molecule has 0 radical (unpaired) electrons. The van der Waals surface area contributed by atoms with Crippen LogP contribution in [0.25, 0.3) is 0 Å². The lowest BCUT2D eigenvalue weighted by Crippen LogP contribution is -2.46. The summed E-state index contributed by atoms with van der Waals surface area (Å²) in [6.07, 6.45) is 2.54. The van der Waals surface area contributed by atoms with Crippen LogP contribution in [0.15, 0.2) is 65.2 Å². The second kappa shape index (κ2) is 11.4. The molecule has 0 bridgehead atoms. The van der Waals surface area contributed by atoms with Crippen molar-refractivity contribution in [3.8, 4) is 0 Å². The van der Waals surface area contributed by atoms with Crippen LogP contribution in [-0.4, -0.2) is 82.8 Å². The highest BCUT2D eigenvalue weighted by molar-refractivity contribution is 7.12. The Bertz CT molecular complexity index is 1270. The van der Waals surface area contributed by atoms with Crippen molar-refractivity contribution >= 4 is 28.9 Å². The average molecular weight is 524 g/mol. The zero-order chi connectivity index (χ0) is 25.8. The summed E-state index contributed by atoms with van der Waals surface area (Å²) in [5, 5.41) is 8.24. The van der Waals surface area contributed by atoms with E-state index in [2.05, 4.69) is 4.90 Å². The first-order chi connectivity index (χ1) is 18.0.